The van der Waals surface area contributed by atoms with Crippen LogP contribution >= 0.6 is 0 Å². The van der Waals surface area contributed by atoms with Crippen molar-refractivity contribution in [2.75, 3.05) is 13.1 Å². The minimum absolute atomic E-state index is 0. The van der Waals surface area contributed by atoms with Crippen LogP contribution in [0.1, 0.15) is 9.78 Å². The van der Waals surface area contributed by atoms with E-state index in [2.05, 4.69) is 0 Å². The van der Waals surface area contributed by atoms with Gasteiger partial charge in [-0.3, -0.25) is 4.79 Å². The van der Waals surface area contributed by atoms with E-state index in [-0.39, 0.29) is 106 Å². The molecule has 0 saturated heterocycles. The molecular weight excluding hydrogens is 186 g/mol. The van der Waals surface area contributed by atoms with Crippen LogP contribution in [0.15, 0.2) is 0 Å². The maximum Gasteiger partial charge on any atom is 1.00 e. The monoisotopic (exact) mass is 200 g/mol. The molecule has 0 bridgehead atoms. The van der Waals surface area contributed by atoms with E-state index in [1.807, 2.05) is 0 Å². The molecule has 0 heterocycles. The van der Waals surface area contributed by atoms with Crippen LogP contribution in [0, 0.1) is 0 Å². The molecule has 0 saturated carbocycles. The molecule has 0 aromatic carbocycles. The maximum atomic E-state index is 9.00. The summed E-state index contributed by atoms with van der Waals surface area (Å²) in [5.74, 6) is -0.833. The molecule has 0 radical (unpaired) electrons. The van der Waals surface area contributed by atoms with E-state index in [1.165, 1.54) is 0 Å². The number of hydrogen-bond acceptors (Lipinski definition) is 3. The zero-order valence-electron chi connectivity index (χ0n) is 8.92. The van der Waals surface area contributed by atoms with E-state index in [9.17, 15) is 0 Å². The molecule has 6 heteroatoms. The molecular formula is C4H14K2N2O2. The van der Waals surface area contributed by atoms with E-state index < -0.39 is 5.97 Å². The van der Waals surface area contributed by atoms with Gasteiger partial charge >= 0.3 is 103 Å². The second-order valence-corrected chi connectivity index (χ2v) is 1.10. The van der Waals surface area contributed by atoms with Crippen LogP contribution in [0.4, 0.5) is 0 Å². The number of carboxylic acid groups (broad SMARTS) is 1. The first-order valence-corrected chi connectivity index (χ1v) is 2.24. The standard InChI is InChI=1S/C2H8N2.C2H4O2.2K.2H/c3-1-2-4;1-2(3)4;;;;/h1-4H2;1H3,(H,3,4);;;;/q;;2*+1;2*-1. The van der Waals surface area contributed by atoms with Gasteiger partial charge in [-0.25, -0.2) is 0 Å². The molecule has 0 aliphatic heterocycles. The number of carboxylic acids is 1. The van der Waals surface area contributed by atoms with Gasteiger partial charge in [0.25, 0.3) is 5.97 Å². The Bertz CT molecular complexity index is 65.0. The molecule has 0 aromatic rings. The van der Waals surface area contributed by atoms with Crippen molar-refractivity contribution in [1.29, 1.82) is 0 Å². The smallest absolute Gasteiger partial charge is 1.00 e. The van der Waals surface area contributed by atoms with E-state index in [0.717, 1.165) is 6.92 Å². The zero-order chi connectivity index (χ0) is 6.99. The molecule has 0 fully saturated rings. The van der Waals surface area contributed by atoms with Crippen molar-refractivity contribution in [3.63, 3.8) is 0 Å². The van der Waals surface area contributed by atoms with Gasteiger partial charge in [0.2, 0.25) is 0 Å². The Balaban J connectivity index is -0.0000000112. The van der Waals surface area contributed by atoms with E-state index in [0.29, 0.717) is 13.1 Å². The van der Waals surface area contributed by atoms with Crippen molar-refractivity contribution in [2.24, 2.45) is 11.5 Å². The molecule has 0 aliphatic rings. The third-order valence-corrected chi connectivity index (χ3v) is 0.167. The SMILES string of the molecule is CC(=O)O.NCCN.[H-].[H-].[K+].[K+]. The number of carbonyl (C=O) groups is 1. The minimum atomic E-state index is -0.833. The van der Waals surface area contributed by atoms with Gasteiger partial charge in [0, 0.05) is 20.0 Å². The minimum Gasteiger partial charge on any atom is -1.00 e. The number of rotatable bonds is 1. The summed E-state index contributed by atoms with van der Waals surface area (Å²) in [6, 6.07) is 0. The van der Waals surface area contributed by atoms with Crippen molar-refractivity contribution in [3.8, 4) is 0 Å². The van der Waals surface area contributed by atoms with Crippen molar-refractivity contribution in [3.05, 3.63) is 0 Å². The van der Waals surface area contributed by atoms with Gasteiger partial charge in [-0.1, -0.05) is 0 Å². The fourth-order valence-corrected chi connectivity index (χ4v) is 0. The third kappa shape index (κ3) is 74.2. The third-order valence-electron chi connectivity index (χ3n) is 0.167. The second kappa shape index (κ2) is 22.6. The summed E-state index contributed by atoms with van der Waals surface area (Å²) in [4.78, 5) is 9.00. The van der Waals surface area contributed by atoms with E-state index in [1.54, 1.807) is 0 Å². The van der Waals surface area contributed by atoms with Crippen LogP contribution in [-0.2, 0) is 4.79 Å². The molecule has 0 amide bonds. The summed E-state index contributed by atoms with van der Waals surface area (Å²) >= 11 is 0. The predicted molar refractivity (Wildman–Crippen MR) is 33.6 cm³/mol. The quantitative estimate of drug-likeness (QED) is 0.367. The summed E-state index contributed by atoms with van der Waals surface area (Å²) in [5, 5.41) is 7.42. The first-order valence-electron chi connectivity index (χ1n) is 2.24. The topological polar surface area (TPSA) is 89.3 Å². The Morgan fingerprint density at radius 3 is 1.50 bits per heavy atom. The molecule has 0 spiro atoms. The zero-order valence-corrected chi connectivity index (χ0v) is 13.2. The molecule has 4 nitrogen and oxygen atoms in total. The molecule has 0 rings (SSSR count). The Hall–Kier alpha value is 2.66. The van der Waals surface area contributed by atoms with Crippen molar-refractivity contribution in [1.82, 2.24) is 0 Å². The summed E-state index contributed by atoms with van der Waals surface area (Å²) < 4.78 is 0. The molecule has 5 N–H and O–H groups in total. The number of hydrogen-bond donors (Lipinski definition) is 3. The average molecular weight is 200 g/mol. The second-order valence-electron chi connectivity index (χ2n) is 1.10. The fourth-order valence-electron chi connectivity index (χ4n) is 0. The van der Waals surface area contributed by atoms with Gasteiger partial charge in [0.15, 0.2) is 0 Å². The Morgan fingerprint density at radius 1 is 1.40 bits per heavy atom. The Morgan fingerprint density at radius 2 is 1.50 bits per heavy atom. The van der Waals surface area contributed by atoms with Crippen molar-refractivity contribution in [2.45, 2.75) is 6.92 Å². The fraction of sp³-hybridized carbons (Fsp3) is 0.750. The molecule has 0 unspecified atom stereocenters. The first kappa shape index (κ1) is 23.0. The van der Waals surface area contributed by atoms with Crippen LogP contribution in [0.25, 0.3) is 0 Å². The summed E-state index contributed by atoms with van der Waals surface area (Å²) in [6.45, 7) is 2.28. The summed E-state index contributed by atoms with van der Waals surface area (Å²) in [5.41, 5.74) is 9.81. The van der Waals surface area contributed by atoms with Gasteiger partial charge < -0.3 is 19.4 Å². The van der Waals surface area contributed by atoms with E-state index >= 15 is 0 Å². The summed E-state index contributed by atoms with van der Waals surface area (Å²) in [7, 11) is 0. The van der Waals surface area contributed by atoms with Crippen LogP contribution in [-0.4, -0.2) is 24.2 Å². The molecule has 0 atom stereocenters. The van der Waals surface area contributed by atoms with Gasteiger partial charge in [0.1, 0.15) is 0 Å². The molecule has 0 aliphatic carbocycles. The normalized spacial score (nSPS) is 5.50. The van der Waals surface area contributed by atoms with Crippen LogP contribution in [0.5, 0.6) is 0 Å². The van der Waals surface area contributed by atoms with Crippen LogP contribution in [0.3, 0.4) is 0 Å². The predicted octanol–water partition coefficient (Wildman–Crippen LogP) is -6.77. The van der Waals surface area contributed by atoms with Crippen LogP contribution in [0.2, 0.25) is 0 Å². The largest absolute Gasteiger partial charge is 1.00 e. The average Bonchev–Trinajstić information content (AvgIpc) is 1.65. The van der Waals surface area contributed by atoms with Gasteiger partial charge in [0.05, 0.1) is 0 Å². The van der Waals surface area contributed by atoms with Gasteiger partial charge in [-0.15, -0.1) is 0 Å². The van der Waals surface area contributed by atoms with Crippen molar-refractivity contribution < 1.29 is 116 Å². The van der Waals surface area contributed by atoms with Gasteiger partial charge in [-0.05, 0) is 0 Å². The van der Waals surface area contributed by atoms with Gasteiger partial charge in [-0.2, -0.15) is 0 Å². The Kier molecular flexibility index (Phi) is 51.8. The van der Waals surface area contributed by atoms with Crippen LogP contribution < -0.4 is 114 Å². The molecule has 10 heavy (non-hydrogen) atoms. The number of nitrogens with two attached hydrogens (primary N) is 2. The first-order chi connectivity index (χ1) is 3.65. The van der Waals surface area contributed by atoms with Crippen molar-refractivity contribution >= 4 is 5.97 Å². The molecule has 0 aromatic heterocycles. The summed E-state index contributed by atoms with van der Waals surface area (Å²) in [6.07, 6.45) is 0. The molecule has 54 valence electrons. The van der Waals surface area contributed by atoms with E-state index in [4.69, 9.17) is 21.4 Å². The number of aliphatic carboxylic acids is 1. The Labute approximate surface area is 149 Å². The maximum absolute atomic E-state index is 9.00.